The summed E-state index contributed by atoms with van der Waals surface area (Å²) >= 11 is 0. The highest BCUT2D eigenvalue weighted by Gasteiger charge is 2.28. The van der Waals surface area contributed by atoms with Crippen molar-refractivity contribution in [1.29, 1.82) is 0 Å². The van der Waals surface area contributed by atoms with Crippen molar-refractivity contribution in [2.75, 3.05) is 11.9 Å². The Kier molecular flexibility index (Phi) is 7.11. The van der Waals surface area contributed by atoms with Gasteiger partial charge in [0.15, 0.2) is 0 Å². The lowest BCUT2D eigenvalue weighted by Crippen LogP contribution is -2.38. The Morgan fingerprint density at radius 2 is 1.50 bits per heavy atom. The normalized spacial score (nSPS) is 11.6. The molecule has 0 heterocycles. The maximum Gasteiger partial charge on any atom is 0.243 e. The van der Waals surface area contributed by atoms with Crippen LogP contribution in [0.1, 0.15) is 27.8 Å². The molecule has 0 saturated heterocycles. The van der Waals surface area contributed by atoms with E-state index in [-0.39, 0.29) is 17.0 Å². The number of carbonyl (C=O) groups is 1. The van der Waals surface area contributed by atoms with Gasteiger partial charge < -0.3 is 5.32 Å². The molecule has 0 aliphatic heterocycles. The molecule has 0 radical (unpaired) electrons. The highest BCUT2D eigenvalue weighted by Crippen LogP contribution is 2.23. The molecule has 1 N–H and O–H groups in total. The van der Waals surface area contributed by atoms with E-state index in [2.05, 4.69) is 5.32 Å². The molecule has 5 nitrogen and oxygen atoms in total. The highest BCUT2D eigenvalue weighted by molar-refractivity contribution is 7.89. The fraction of sp³-hybridized carbons (Fsp3) is 0.240. The SMILES string of the molecule is Cc1ccc(S(=O)(=O)N(CC(=O)Nc2c(C)cc(C)cc2C)Cc2ccccc2F)cc1. The third-order valence-corrected chi connectivity index (χ3v) is 7.03. The maximum atomic E-state index is 14.3. The zero-order chi connectivity index (χ0) is 23.5. The number of sulfonamides is 1. The molecule has 0 aromatic heterocycles. The van der Waals surface area contributed by atoms with Gasteiger partial charge in [0.1, 0.15) is 5.82 Å². The average molecular weight is 455 g/mol. The van der Waals surface area contributed by atoms with Crippen molar-refractivity contribution in [3.63, 3.8) is 0 Å². The molecule has 0 aliphatic rings. The molecule has 0 atom stereocenters. The molecule has 3 aromatic carbocycles. The van der Waals surface area contributed by atoms with Crippen LogP contribution in [0.2, 0.25) is 0 Å². The van der Waals surface area contributed by atoms with E-state index in [0.29, 0.717) is 5.69 Å². The van der Waals surface area contributed by atoms with Crippen LogP contribution in [0.3, 0.4) is 0 Å². The zero-order valence-corrected chi connectivity index (χ0v) is 19.5. The molecular formula is C25H27FN2O3S. The zero-order valence-electron chi connectivity index (χ0n) is 18.6. The number of carbonyl (C=O) groups excluding carboxylic acids is 1. The smallest absolute Gasteiger partial charge is 0.243 e. The van der Waals surface area contributed by atoms with Crippen LogP contribution in [-0.2, 0) is 21.4 Å². The van der Waals surface area contributed by atoms with Gasteiger partial charge in [-0.05, 0) is 57.0 Å². The standard InChI is InChI=1S/C25H27FN2O3S/c1-17-9-11-22(12-10-17)32(30,31)28(15-21-7-5-6-8-23(21)26)16-24(29)27-25-19(3)13-18(2)14-20(25)4/h5-14H,15-16H2,1-4H3,(H,27,29). The average Bonchev–Trinajstić information content (AvgIpc) is 2.72. The summed E-state index contributed by atoms with van der Waals surface area (Å²) in [5, 5.41) is 2.83. The number of nitrogens with one attached hydrogen (secondary N) is 1. The number of aryl methyl sites for hydroxylation is 4. The molecule has 32 heavy (non-hydrogen) atoms. The third kappa shape index (κ3) is 5.41. The molecule has 1 amide bonds. The fourth-order valence-electron chi connectivity index (χ4n) is 3.62. The first-order chi connectivity index (χ1) is 15.1. The summed E-state index contributed by atoms with van der Waals surface area (Å²) in [7, 11) is -4.04. The van der Waals surface area contributed by atoms with E-state index in [1.807, 2.05) is 39.8 Å². The Hall–Kier alpha value is -3.03. The van der Waals surface area contributed by atoms with Gasteiger partial charge in [-0.3, -0.25) is 4.79 Å². The Balaban J connectivity index is 1.93. The number of anilines is 1. The van der Waals surface area contributed by atoms with Crippen molar-refractivity contribution in [3.05, 3.63) is 94.3 Å². The number of rotatable bonds is 7. The summed E-state index contributed by atoms with van der Waals surface area (Å²) in [5.41, 5.74) is 4.60. The van der Waals surface area contributed by atoms with E-state index < -0.39 is 28.3 Å². The van der Waals surface area contributed by atoms with Crippen LogP contribution < -0.4 is 5.32 Å². The quantitative estimate of drug-likeness (QED) is 0.553. The van der Waals surface area contributed by atoms with E-state index in [0.717, 1.165) is 26.6 Å². The van der Waals surface area contributed by atoms with Crippen LogP contribution >= 0.6 is 0 Å². The van der Waals surface area contributed by atoms with Crippen LogP contribution in [0.15, 0.2) is 65.6 Å². The topological polar surface area (TPSA) is 66.5 Å². The molecule has 0 fully saturated rings. The van der Waals surface area contributed by atoms with E-state index in [1.165, 1.54) is 30.3 Å². The molecule has 0 bridgehead atoms. The minimum absolute atomic E-state index is 0.0509. The molecule has 7 heteroatoms. The fourth-order valence-corrected chi connectivity index (χ4v) is 4.99. The molecule has 0 saturated carbocycles. The minimum atomic E-state index is -4.04. The van der Waals surface area contributed by atoms with Gasteiger partial charge in [-0.1, -0.05) is 53.6 Å². The Labute approximate surface area is 188 Å². The van der Waals surface area contributed by atoms with E-state index in [4.69, 9.17) is 0 Å². The highest BCUT2D eigenvalue weighted by atomic mass is 32.2. The van der Waals surface area contributed by atoms with Crippen molar-refractivity contribution in [2.24, 2.45) is 0 Å². The van der Waals surface area contributed by atoms with Gasteiger partial charge in [0, 0.05) is 17.8 Å². The minimum Gasteiger partial charge on any atom is -0.324 e. The van der Waals surface area contributed by atoms with Gasteiger partial charge in [-0.25, -0.2) is 12.8 Å². The lowest BCUT2D eigenvalue weighted by molar-refractivity contribution is -0.116. The summed E-state index contributed by atoms with van der Waals surface area (Å²) in [4.78, 5) is 13.0. The van der Waals surface area contributed by atoms with Gasteiger partial charge >= 0.3 is 0 Å². The first-order valence-electron chi connectivity index (χ1n) is 10.3. The summed E-state index contributed by atoms with van der Waals surface area (Å²) < 4.78 is 42.0. The lowest BCUT2D eigenvalue weighted by atomic mass is 10.1. The molecule has 0 unspecified atom stereocenters. The van der Waals surface area contributed by atoms with Crippen LogP contribution in [-0.4, -0.2) is 25.2 Å². The number of hydrogen-bond donors (Lipinski definition) is 1. The number of benzene rings is 3. The molecule has 168 valence electrons. The second-order valence-electron chi connectivity index (χ2n) is 8.00. The molecular weight excluding hydrogens is 427 g/mol. The van der Waals surface area contributed by atoms with Gasteiger partial charge in [0.05, 0.1) is 11.4 Å². The van der Waals surface area contributed by atoms with Crippen molar-refractivity contribution in [1.82, 2.24) is 4.31 Å². The maximum absolute atomic E-state index is 14.3. The predicted octanol–water partition coefficient (Wildman–Crippen LogP) is 4.89. The Morgan fingerprint density at radius 1 is 0.906 bits per heavy atom. The largest absolute Gasteiger partial charge is 0.324 e. The summed E-state index contributed by atoms with van der Waals surface area (Å²) in [6, 6.07) is 16.2. The first-order valence-corrected chi connectivity index (χ1v) is 11.7. The summed E-state index contributed by atoms with van der Waals surface area (Å²) in [6.07, 6.45) is 0. The van der Waals surface area contributed by atoms with Gasteiger partial charge in [0.25, 0.3) is 0 Å². The third-order valence-electron chi connectivity index (χ3n) is 5.22. The predicted molar refractivity (Wildman–Crippen MR) is 124 cm³/mol. The van der Waals surface area contributed by atoms with Crippen molar-refractivity contribution in [3.8, 4) is 0 Å². The molecule has 0 aliphatic carbocycles. The van der Waals surface area contributed by atoms with Gasteiger partial charge in [0.2, 0.25) is 15.9 Å². The van der Waals surface area contributed by atoms with Crippen LogP contribution in [0.4, 0.5) is 10.1 Å². The van der Waals surface area contributed by atoms with Crippen LogP contribution in [0.25, 0.3) is 0 Å². The number of halogens is 1. The van der Waals surface area contributed by atoms with Crippen molar-refractivity contribution >= 4 is 21.6 Å². The number of amides is 1. The van der Waals surface area contributed by atoms with Gasteiger partial charge in [-0.15, -0.1) is 0 Å². The van der Waals surface area contributed by atoms with Crippen LogP contribution in [0.5, 0.6) is 0 Å². The van der Waals surface area contributed by atoms with E-state index >= 15 is 0 Å². The van der Waals surface area contributed by atoms with E-state index in [1.54, 1.807) is 18.2 Å². The molecule has 0 spiro atoms. The second kappa shape index (κ2) is 9.63. The summed E-state index contributed by atoms with van der Waals surface area (Å²) in [5.74, 6) is -1.02. The number of hydrogen-bond acceptors (Lipinski definition) is 3. The monoisotopic (exact) mass is 454 g/mol. The molecule has 3 rings (SSSR count). The second-order valence-corrected chi connectivity index (χ2v) is 9.94. The number of nitrogens with zero attached hydrogens (tertiary/aromatic N) is 1. The Bertz CT molecular complexity index is 1220. The van der Waals surface area contributed by atoms with Crippen LogP contribution in [0, 0.1) is 33.5 Å². The lowest BCUT2D eigenvalue weighted by Gasteiger charge is -2.23. The van der Waals surface area contributed by atoms with E-state index in [9.17, 15) is 17.6 Å². The van der Waals surface area contributed by atoms with Crippen molar-refractivity contribution in [2.45, 2.75) is 39.1 Å². The summed E-state index contributed by atoms with van der Waals surface area (Å²) in [6.45, 7) is 6.88. The first kappa shape index (κ1) is 23.6. The molecule has 3 aromatic rings. The Morgan fingerprint density at radius 3 is 2.09 bits per heavy atom. The van der Waals surface area contributed by atoms with Crippen molar-refractivity contribution < 1.29 is 17.6 Å². The van der Waals surface area contributed by atoms with Gasteiger partial charge in [-0.2, -0.15) is 4.31 Å².